The number of hydrogen-bond acceptors (Lipinski definition) is 4. The van der Waals surface area contributed by atoms with Crippen LogP contribution >= 0.6 is 0 Å². The summed E-state index contributed by atoms with van der Waals surface area (Å²) in [5.74, 6) is 0. The van der Waals surface area contributed by atoms with Gasteiger partial charge >= 0.3 is 0 Å². The van der Waals surface area contributed by atoms with Gasteiger partial charge in [-0.15, -0.1) is 0 Å². The number of likely N-dealkylation sites (tertiary alicyclic amines) is 1. The highest BCUT2D eigenvalue weighted by atomic mass is 16.6. The lowest BCUT2D eigenvalue weighted by Crippen LogP contribution is -2.55. The van der Waals surface area contributed by atoms with Gasteiger partial charge in [-0.05, 0) is 38.4 Å². The van der Waals surface area contributed by atoms with Crippen molar-refractivity contribution in [2.45, 2.75) is 44.7 Å². The van der Waals surface area contributed by atoms with Crippen molar-refractivity contribution < 1.29 is 4.92 Å². The monoisotopic (exact) mass is 277 g/mol. The highest BCUT2D eigenvalue weighted by Crippen LogP contribution is 2.22. The van der Waals surface area contributed by atoms with Crippen molar-refractivity contribution in [1.82, 2.24) is 4.90 Å². The average Bonchev–Trinajstić information content (AvgIpc) is 2.67. The van der Waals surface area contributed by atoms with E-state index in [2.05, 4.69) is 4.90 Å². The van der Waals surface area contributed by atoms with Gasteiger partial charge in [0.25, 0.3) is 5.69 Å². The molecular formula is C15H23N3O2. The van der Waals surface area contributed by atoms with E-state index < -0.39 is 5.66 Å². The van der Waals surface area contributed by atoms with E-state index in [0.29, 0.717) is 6.42 Å². The van der Waals surface area contributed by atoms with Crippen LogP contribution in [0.3, 0.4) is 0 Å². The van der Waals surface area contributed by atoms with Gasteiger partial charge < -0.3 is 5.73 Å². The van der Waals surface area contributed by atoms with Gasteiger partial charge in [-0.3, -0.25) is 15.0 Å². The Bertz CT molecular complexity index is 466. The minimum absolute atomic E-state index is 0.133. The molecular weight excluding hydrogens is 254 g/mol. The van der Waals surface area contributed by atoms with Gasteiger partial charge in [-0.1, -0.05) is 25.0 Å². The number of benzene rings is 1. The number of hydrogen-bond donors (Lipinski definition) is 1. The smallest absolute Gasteiger partial charge is 0.269 e. The molecule has 0 spiro atoms. The molecule has 0 amide bonds. The maximum Gasteiger partial charge on any atom is 0.269 e. The van der Waals surface area contributed by atoms with Gasteiger partial charge in [0.05, 0.1) is 10.6 Å². The molecule has 1 aromatic rings. The number of nitrogens with two attached hydrogens (primary N) is 1. The summed E-state index contributed by atoms with van der Waals surface area (Å²) < 4.78 is 0. The van der Waals surface area contributed by atoms with Crippen molar-refractivity contribution >= 4 is 5.69 Å². The third-order valence-electron chi connectivity index (χ3n) is 4.01. The lowest BCUT2D eigenvalue weighted by molar-refractivity contribution is -0.384. The van der Waals surface area contributed by atoms with E-state index in [4.69, 9.17) is 5.73 Å². The first kappa shape index (κ1) is 14.9. The second-order valence-electron chi connectivity index (χ2n) is 5.86. The Morgan fingerprint density at radius 3 is 2.55 bits per heavy atom. The topological polar surface area (TPSA) is 72.4 Å². The molecule has 5 nitrogen and oxygen atoms in total. The predicted molar refractivity (Wildman–Crippen MR) is 79.4 cm³/mol. The van der Waals surface area contributed by atoms with Crippen molar-refractivity contribution in [2.75, 3.05) is 13.1 Å². The molecule has 0 bridgehead atoms. The van der Waals surface area contributed by atoms with Crippen LogP contribution < -0.4 is 5.73 Å². The van der Waals surface area contributed by atoms with Crippen LogP contribution in [0.2, 0.25) is 0 Å². The molecule has 110 valence electrons. The van der Waals surface area contributed by atoms with Crippen LogP contribution in [0.1, 0.15) is 38.2 Å². The Labute approximate surface area is 119 Å². The fourth-order valence-electron chi connectivity index (χ4n) is 2.89. The molecule has 0 radical (unpaired) electrons. The molecule has 1 unspecified atom stereocenters. The predicted octanol–water partition coefficient (Wildman–Crippen LogP) is 2.69. The maximum atomic E-state index is 10.8. The van der Waals surface area contributed by atoms with Crippen molar-refractivity contribution in [1.29, 1.82) is 0 Å². The summed E-state index contributed by atoms with van der Waals surface area (Å²) in [6, 6.07) is 6.79. The van der Waals surface area contributed by atoms with E-state index in [9.17, 15) is 10.1 Å². The first-order valence-corrected chi connectivity index (χ1v) is 7.26. The Kier molecular flexibility index (Phi) is 4.73. The van der Waals surface area contributed by atoms with Crippen LogP contribution in [0, 0.1) is 10.1 Å². The van der Waals surface area contributed by atoms with E-state index >= 15 is 0 Å². The summed E-state index contributed by atoms with van der Waals surface area (Å²) in [6.07, 6.45) is 5.53. The number of rotatable bonds is 4. The van der Waals surface area contributed by atoms with Gasteiger partial charge in [-0.2, -0.15) is 0 Å². The second kappa shape index (κ2) is 6.33. The molecule has 1 aliphatic rings. The van der Waals surface area contributed by atoms with E-state index in [1.807, 2.05) is 13.0 Å². The lowest BCUT2D eigenvalue weighted by Gasteiger charge is -2.37. The molecule has 5 heteroatoms. The normalized spacial score (nSPS) is 20.1. The van der Waals surface area contributed by atoms with Gasteiger partial charge in [-0.25, -0.2) is 0 Å². The highest BCUT2D eigenvalue weighted by Gasteiger charge is 2.28. The summed E-state index contributed by atoms with van der Waals surface area (Å²) in [4.78, 5) is 12.8. The summed E-state index contributed by atoms with van der Waals surface area (Å²) in [5.41, 5.74) is 7.09. The summed E-state index contributed by atoms with van der Waals surface area (Å²) in [7, 11) is 0. The molecule has 1 aromatic carbocycles. The van der Waals surface area contributed by atoms with Gasteiger partial charge in [0.15, 0.2) is 0 Å². The van der Waals surface area contributed by atoms with Gasteiger partial charge in [0.2, 0.25) is 0 Å². The second-order valence-corrected chi connectivity index (χ2v) is 5.86. The number of non-ortho nitro benzene ring substituents is 1. The SMILES string of the molecule is CC(N)(Cc1cccc([N+](=O)[O-])c1)N1CCCCCC1. The molecule has 1 heterocycles. The van der Waals surface area contributed by atoms with Crippen LogP contribution in [-0.2, 0) is 6.42 Å². The van der Waals surface area contributed by atoms with Crippen molar-refractivity contribution in [3.8, 4) is 0 Å². The molecule has 20 heavy (non-hydrogen) atoms. The third kappa shape index (κ3) is 3.77. The molecule has 1 fully saturated rings. The van der Waals surface area contributed by atoms with E-state index in [1.54, 1.807) is 12.1 Å². The molecule has 0 saturated carbocycles. The minimum Gasteiger partial charge on any atom is -0.313 e. The molecule has 1 saturated heterocycles. The minimum atomic E-state index is -0.445. The van der Waals surface area contributed by atoms with Crippen molar-refractivity contribution in [3.05, 3.63) is 39.9 Å². The fourth-order valence-corrected chi connectivity index (χ4v) is 2.89. The summed E-state index contributed by atoms with van der Waals surface area (Å²) in [6.45, 7) is 4.06. The van der Waals surface area contributed by atoms with Crippen LogP contribution in [0.15, 0.2) is 24.3 Å². The van der Waals surface area contributed by atoms with Crippen LogP contribution in [0.5, 0.6) is 0 Å². The number of nitro groups is 1. The number of nitrogens with zero attached hydrogens (tertiary/aromatic N) is 2. The molecule has 0 aromatic heterocycles. The average molecular weight is 277 g/mol. The molecule has 1 atom stereocenters. The zero-order valence-electron chi connectivity index (χ0n) is 12.0. The third-order valence-corrected chi connectivity index (χ3v) is 4.01. The first-order chi connectivity index (χ1) is 9.49. The molecule has 1 aliphatic heterocycles. The van der Waals surface area contributed by atoms with Crippen LogP contribution in [-0.4, -0.2) is 28.6 Å². The quantitative estimate of drug-likeness (QED) is 0.678. The Morgan fingerprint density at radius 1 is 1.30 bits per heavy atom. The molecule has 2 rings (SSSR count). The Hall–Kier alpha value is -1.46. The zero-order chi connectivity index (χ0) is 14.6. The largest absolute Gasteiger partial charge is 0.313 e. The van der Waals surface area contributed by atoms with Crippen molar-refractivity contribution in [3.63, 3.8) is 0 Å². The first-order valence-electron chi connectivity index (χ1n) is 7.26. The lowest BCUT2D eigenvalue weighted by atomic mass is 9.99. The molecule has 2 N–H and O–H groups in total. The van der Waals surface area contributed by atoms with E-state index in [1.165, 1.54) is 31.7 Å². The van der Waals surface area contributed by atoms with Crippen molar-refractivity contribution in [2.24, 2.45) is 5.73 Å². The zero-order valence-corrected chi connectivity index (χ0v) is 12.0. The Balaban J connectivity index is 2.10. The standard InChI is InChI=1S/C15H23N3O2/c1-15(16,17-9-4-2-3-5-10-17)12-13-7-6-8-14(11-13)18(19)20/h6-8,11H,2-5,9-10,12,16H2,1H3. The maximum absolute atomic E-state index is 10.8. The summed E-state index contributed by atoms with van der Waals surface area (Å²) in [5, 5.41) is 10.8. The van der Waals surface area contributed by atoms with Crippen LogP contribution in [0.4, 0.5) is 5.69 Å². The van der Waals surface area contributed by atoms with E-state index in [0.717, 1.165) is 18.7 Å². The van der Waals surface area contributed by atoms with Gasteiger partial charge in [0.1, 0.15) is 0 Å². The van der Waals surface area contributed by atoms with Crippen LogP contribution in [0.25, 0.3) is 0 Å². The van der Waals surface area contributed by atoms with Gasteiger partial charge in [0, 0.05) is 18.6 Å². The highest BCUT2D eigenvalue weighted by molar-refractivity contribution is 5.35. The van der Waals surface area contributed by atoms with E-state index in [-0.39, 0.29) is 10.6 Å². The summed E-state index contributed by atoms with van der Waals surface area (Å²) >= 11 is 0. The molecule has 0 aliphatic carbocycles. The Morgan fingerprint density at radius 2 is 1.95 bits per heavy atom. The fraction of sp³-hybridized carbons (Fsp3) is 0.600. The number of nitro benzene ring substituents is 1.